The van der Waals surface area contributed by atoms with Crippen LogP contribution in [0.3, 0.4) is 0 Å². The van der Waals surface area contributed by atoms with Crippen LogP contribution in [-0.2, 0) is 17.6 Å². The molecule has 0 N–H and O–H groups in total. The van der Waals surface area contributed by atoms with Gasteiger partial charge in [0.1, 0.15) is 6.33 Å². The average Bonchev–Trinajstić information content (AvgIpc) is 2.79. The van der Waals surface area contributed by atoms with Gasteiger partial charge in [0, 0.05) is 38.2 Å². The van der Waals surface area contributed by atoms with E-state index in [9.17, 15) is 4.79 Å². The topological polar surface area (TPSA) is 67.8 Å². The van der Waals surface area contributed by atoms with Crippen molar-refractivity contribution in [3.05, 3.63) is 17.6 Å². The van der Waals surface area contributed by atoms with Crippen molar-refractivity contribution >= 4 is 6.03 Å². The molecule has 2 aliphatic rings. The molecule has 120 valence electrons. The van der Waals surface area contributed by atoms with Gasteiger partial charge in [-0.15, -0.1) is 0 Å². The Hall–Kier alpha value is -1.89. The first-order valence-electron chi connectivity index (χ1n) is 7.86. The lowest BCUT2D eigenvalue weighted by atomic mass is 10.1. The zero-order valence-corrected chi connectivity index (χ0v) is 13.0. The molecule has 3 heterocycles. The molecular formula is C15H22N4O3. The molecule has 1 fully saturated rings. The zero-order valence-electron chi connectivity index (χ0n) is 13.0. The number of ether oxygens (including phenoxy) is 2. The van der Waals surface area contributed by atoms with Gasteiger partial charge in [-0.05, 0) is 13.3 Å². The van der Waals surface area contributed by atoms with Gasteiger partial charge in [-0.2, -0.15) is 0 Å². The molecule has 7 nitrogen and oxygen atoms in total. The van der Waals surface area contributed by atoms with Crippen molar-refractivity contribution in [1.29, 1.82) is 0 Å². The number of aromatic nitrogens is 2. The van der Waals surface area contributed by atoms with E-state index < -0.39 is 0 Å². The summed E-state index contributed by atoms with van der Waals surface area (Å²) in [6, 6.07) is 0.0991. The molecule has 0 unspecified atom stereocenters. The van der Waals surface area contributed by atoms with Gasteiger partial charge in [-0.25, -0.2) is 14.8 Å². The Morgan fingerprint density at radius 2 is 1.91 bits per heavy atom. The van der Waals surface area contributed by atoms with Crippen LogP contribution in [-0.4, -0.2) is 71.8 Å². The van der Waals surface area contributed by atoms with E-state index in [0.29, 0.717) is 51.9 Å². The van der Waals surface area contributed by atoms with Crippen LogP contribution in [0, 0.1) is 0 Å². The van der Waals surface area contributed by atoms with Gasteiger partial charge in [0.15, 0.2) is 0 Å². The van der Waals surface area contributed by atoms with E-state index >= 15 is 0 Å². The molecule has 2 amide bonds. The summed E-state index contributed by atoms with van der Waals surface area (Å²) in [5, 5.41) is 0. The molecular weight excluding hydrogens is 284 g/mol. The number of rotatable bonds is 2. The first kappa shape index (κ1) is 15.0. The summed E-state index contributed by atoms with van der Waals surface area (Å²) in [6.45, 7) is 6.49. The molecule has 0 aliphatic carbocycles. The summed E-state index contributed by atoms with van der Waals surface area (Å²) in [6.07, 6.45) is 3.03. The largest absolute Gasteiger partial charge is 0.478 e. The number of fused-ring (bicyclic) bond motifs is 1. The first-order valence-corrected chi connectivity index (χ1v) is 7.86. The Kier molecular flexibility index (Phi) is 4.72. The van der Waals surface area contributed by atoms with Gasteiger partial charge >= 0.3 is 6.03 Å². The van der Waals surface area contributed by atoms with E-state index in [1.54, 1.807) is 6.33 Å². The third-order valence-electron chi connectivity index (χ3n) is 4.08. The lowest BCUT2D eigenvalue weighted by Crippen LogP contribution is -2.48. The molecule has 0 aromatic carbocycles. The highest BCUT2D eigenvalue weighted by Crippen LogP contribution is 2.22. The molecule has 0 bridgehead atoms. The maximum atomic E-state index is 12.6. The SMILES string of the molecule is CCOc1ncnc2c1CCN(C(=O)N1CCOCC1)CC2. The molecule has 3 rings (SSSR count). The molecule has 0 atom stereocenters. The normalized spacial score (nSPS) is 18.6. The third-order valence-corrected chi connectivity index (χ3v) is 4.08. The lowest BCUT2D eigenvalue weighted by Gasteiger charge is -2.32. The lowest BCUT2D eigenvalue weighted by molar-refractivity contribution is 0.0436. The smallest absolute Gasteiger partial charge is 0.320 e. The number of hydrogen-bond donors (Lipinski definition) is 0. The maximum Gasteiger partial charge on any atom is 0.320 e. The van der Waals surface area contributed by atoms with Gasteiger partial charge in [-0.3, -0.25) is 0 Å². The van der Waals surface area contributed by atoms with Crippen molar-refractivity contribution in [2.24, 2.45) is 0 Å². The minimum absolute atomic E-state index is 0.0991. The van der Waals surface area contributed by atoms with Crippen molar-refractivity contribution in [2.45, 2.75) is 19.8 Å². The number of carbonyl (C=O) groups is 1. The van der Waals surface area contributed by atoms with Gasteiger partial charge in [-0.1, -0.05) is 0 Å². The highest BCUT2D eigenvalue weighted by molar-refractivity contribution is 5.74. The Balaban J connectivity index is 1.70. The molecule has 0 spiro atoms. The summed E-state index contributed by atoms with van der Waals surface area (Å²) in [7, 11) is 0. The minimum Gasteiger partial charge on any atom is -0.478 e. The van der Waals surface area contributed by atoms with Crippen LogP contribution in [0.4, 0.5) is 4.79 Å². The summed E-state index contributed by atoms with van der Waals surface area (Å²) >= 11 is 0. The molecule has 1 aromatic heterocycles. The number of urea groups is 1. The van der Waals surface area contributed by atoms with Crippen LogP contribution in [0.25, 0.3) is 0 Å². The van der Waals surface area contributed by atoms with Crippen LogP contribution in [0.1, 0.15) is 18.2 Å². The second-order valence-corrected chi connectivity index (χ2v) is 5.41. The number of amides is 2. The Bertz CT molecular complexity index is 532. The van der Waals surface area contributed by atoms with Crippen molar-refractivity contribution < 1.29 is 14.3 Å². The van der Waals surface area contributed by atoms with Crippen LogP contribution >= 0.6 is 0 Å². The standard InChI is InChI=1S/C15H22N4O3/c1-2-22-14-12-3-5-18(6-4-13(12)16-11-17-14)15(20)19-7-9-21-10-8-19/h11H,2-10H2,1H3. The highest BCUT2D eigenvalue weighted by Gasteiger charge is 2.26. The summed E-state index contributed by atoms with van der Waals surface area (Å²) in [5.74, 6) is 0.660. The number of morpholine rings is 1. The van der Waals surface area contributed by atoms with Gasteiger partial charge in [0.2, 0.25) is 5.88 Å². The zero-order chi connectivity index (χ0) is 15.4. The monoisotopic (exact) mass is 306 g/mol. The van der Waals surface area contributed by atoms with Gasteiger partial charge < -0.3 is 19.3 Å². The van der Waals surface area contributed by atoms with E-state index in [-0.39, 0.29) is 6.03 Å². The average molecular weight is 306 g/mol. The Morgan fingerprint density at radius 3 is 2.68 bits per heavy atom. The van der Waals surface area contributed by atoms with Gasteiger partial charge in [0.05, 0.1) is 25.5 Å². The molecule has 1 aromatic rings. The number of hydrogen-bond acceptors (Lipinski definition) is 5. The van der Waals surface area contributed by atoms with Crippen LogP contribution < -0.4 is 4.74 Å². The minimum atomic E-state index is 0.0991. The van der Waals surface area contributed by atoms with E-state index in [4.69, 9.17) is 9.47 Å². The van der Waals surface area contributed by atoms with Crippen molar-refractivity contribution in [3.63, 3.8) is 0 Å². The first-order chi connectivity index (χ1) is 10.8. The Labute approximate surface area is 130 Å². The summed E-state index contributed by atoms with van der Waals surface area (Å²) in [4.78, 5) is 25.0. The summed E-state index contributed by atoms with van der Waals surface area (Å²) in [5.41, 5.74) is 2.04. The predicted octanol–water partition coefficient (Wildman–Crippen LogP) is 0.728. The van der Waals surface area contributed by atoms with E-state index in [1.165, 1.54) is 0 Å². The van der Waals surface area contributed by atoms with E-state index in [1.807, 2.05) is 16.7 Å². The molecule has 7 heteroatoms. The van der Waals surface area contributed by atoms with E-state index in [2.05, 4.69) is 9.97 Å². The van der Waals surface area contributed by atoms with Crippen molar-refractivity contribution in [3.8, 4) is 5.88 Å². The second-order valence-electron chi connectivity index (χ2n) is 5.41. The Morgan fingerprint density at radius 1 is 1.18 bits per heavy atom. The molecule has 2 aliphatic heterocycles. The molecule has 1 saturated heterocycles. The van der Waals surface area contributed by atoms with Crippen LogP contribution in [0.5, 0.6) is 5.88 Å². The fraction of sp³-hybridized carbons (Fsp3) is 0.667. The summed E-state index contributed by atoms with van der Waals surface area (Å²) < 4.78 is 10.9. The second kappa shape index (κ2) is 6.91. The number of carbonyl (C=O) groups excluding carboxylic acids is 1. The predicted molar refractivity (Wildman–Crippen MR) is 80.0 cm³/mol. The fourth-order valence-corrected chi connectivity index (χ4v) is 2.90. The van der Waals surface area contributed by atoms with Crippen molar-refractivity contribution in [2.75, 3.05) is 46.0 Å². The highest BCUT2D eigenvalue weighted by atomic mass is 16.5. The fourth-order valence-electron chi connectivity index (χ4n) is 2.90. The molecule has 22 heavy (non-hydrogen) atoms. The van der Waals surface area contributed by atoms with Crippen molar-refractivity contribution in [1.82, 2.24) is 19.8 Å². The maximum absolute atomic E-state index is 12.6. The van der Waals surface area contributed by atoms with Crippen LogP contribution in [0.15, 0.2) is 6.33 Å². The third kappa shape index (κ3) is 3.14. The quantitative estimate of drug-likeness (QED) is 0.806. The molecule has 0 radical (unpaired) electrons. The van der Waals surface area contributed by atoms with E-state index in [0.717, 1.165) is 24.1 Å². The van der Waals surface area contributed by atoms with Crippen LogP contribution in [0.2, 0.25) is 0 Å². The number of nitrogens with zero attached hydrogens (tertiary/aromatic N) is 4. The van der Waals surface area contributed by atoms with Gasteiger partial charge in [0.25, 0.3) is 0 Å². The molecule has 0 saturated carbocycles.